The van der Waals surface area contributed by atoms with Crippen LogP contribution in [0.4, 0.5) is 34.6 Å². The van der Waals surface area contributed by atoms with Gasteiger partial charge in [0.15, 0.2) is 5.82 Å². The average molecular weight is 256 g/mol. The highest BCUT2D eigenvalue weighted by Crippen LogP contribution is 2.29. The van der Waals surface area contributed by atoms with E-state index in [1.54, 1.807) is 0 Å². The largest absolute Gasteiger partial charge is 0.395 e. The molecule has 0 atom stereocenters. The highest BCUT2D eigenvalue weighted by molar-refractivity contribution is 5.73. The molecule has 0 unspecified atom stereocenters. The number of hydrogen-bond acceptors (Lipinski definition) is 2. The SMILES string of the molecule is Nc1c(F)cc(F)cc1Nc1c(F)cccc1F. The summed E-state index contributed by atoms with van der Waals surface area (Å²) < 4.78 is 52.8. The average Bonchev–Trinajstić information content (AvgIpc) is 2.30. The van der Waals surface area contributed by atoms with Crippen molar-refractivity contribution in [3.8, 4) is 0 Å². The topological polar surface area (TPSA) is 38.0 Å². The molecule has 0 aliphatic rings. The van der Waals surface area contributed by atoms with Gasteiger partial charge in [-0.05, 0) is 18.2 Å². The molecule has 0 fully saturated rings. The molecule has 0 saturated heterocycles. The lowest BCUT2D eigenvalue weighted by Gasteiger charge is -2.11. The number of anilines is 3. The van der Waals surface area contributed by atoms with Gasteiger partial charge in [0.2, 0.25) is 0 Å². The van der Waals surface area contributed by atoms with Crippen molar-refractivity contribution in [2.75, 3.05) is 11.1 Å². The molecule has 18 heavy (non-hydrogen) atoms. The molecule has 2 rings (SSSR count). The van der Waals surface area contributed by atoms with Gasteiger partial charge in [-0.2, -0.15) is 0 Å². The Morgan fingerprint density at radius 3 is 2.11 bits per heavy atom. The number of hydrogen-bond donors (Lipinski definition) is 2. The van der Waals surface area contributed by atoms with Gasteiger partial charge >= 0.3 is 0 Å². The molecule has 0 saturated carbocycles. The van der Waals surface area contributed by atoms with Crippen molar-refractivity contribution in [2.24, 2.45) is 0 Å². The highest BCUT2D eigenvalue weighted by Gasteiger charge is 2.13. The number of halogens is 4. The Morgan fingerprint density at radius 1 is 0.889 bits per heavy atom. The molecule has 2 aromatic rings. The molecule has 0 aliphatic carbocycles. The van der Waals surface area contributed by atoms with Crippen molar-refractivity contribution in [2.45, 2.75) is 0 Å². The maximum absolute atomic E-state index is 13.3. The van der Waals surface area contributed by atoms with Gasteiger partial charge in [-0.15, -0.1) is 0 Å². The first-order valence-corrected chi connectivity index (χ1v) is 4.94. The van der Waals surface area contributed by atoms with Gasteiger partial charge < -0.3 is 11.1 Å². The van der Waals surface area contributed by atoms with Gasteiger partial charge in [0.1, 0.15) is 23.1 Å². The quantitative estimate of drug-likeness (QED) is 0.636. The third kappa shape index (κ3) is 2.22. The van der Waals surface area contributed by atoms with Crippen molar-refractivity contribution in [1.29, 1.82) is 0 Å². The van der Waals surface area contributed by atoms with Gasteiger partial charge in [0, 0.05) is 6.07 Å². The summed E-state index contributed by atoms with van der Waals surface area (Å²) in [6.07, 6.45) is 0. The summed E-state index contributed by atoms with van der Waals surface area (Å²) in [7, 11) is 0. The Kier molecular flexibility index (Phi) is 3.10. The number of nitrogen functional groups attached to an aromatic ring is 1. The summed E-state index contributed by atoms with van der Waals surface area (Å²) in [5.74, 6) is -3.69. The predicted octanol–water partition coefficient (Wildman–Crippen LogP) is 3.57. The first kappa shape index (κ1) is 12.2. The second kappa shape index (κ2) is 4.56. The number of rotatable bonds is 2. The summed E-state index contributed by atoms with van der Waals surface area (Å²) in [6.45, 7) is 0. The normalized spacial score (nSPS) is 10.4. The van der Waals surface area contributed by atoms with E-state index in [4.69, 9.17) is 5.73 Å². The highest BCUT2D eigenvalue weighted by atomic mass is 19.1. The Morgan fingerprint density at radius 2 is 1.50 bits per heavy atom. The van der Waals surface area contributed by atoms with E-state index in [0.717, 1.165) is 18.2 Å². The lowest BCUT2D eigenvalue weighted by atomic mass is 10.2. The van der Waals surface area contributed by atoms with Crippen LogP contribution in [0.1, 0.15) is 0 Å². The number of nitrogens with one attached hydrogen (secondary N) is 1. The van der Waals surface area contributed by atoms with Crippen LogP contribution in [0.25, 0.3) is 0 Å². The molecule has 0 aliphatic heterocycles. The number of nitrogens with two attached hydrogens (primary N) is 1. The maximum Gasteiger partial charge on any atom is 0.151 e. The van der Waals surface area contributed by atoms with Crippen molar-refractivity contribution in [1.82, 2.24) is 0 Å². The monoisotopic (exact) mass is 256 g/mol. The fourth-order valence-electron chi connectivity index (χ4n) is 1.44. The molecule has 0 aromatic heterocycles. The zero-order chi connectivity index (χ0) is 13.3. The van der Waals surface area contributed by atoms with Crippen LogP contribution in [0.5, 0.6) is 0 Å². The van der Waals surface area contributed by atoms with E-state index >= 15 is 0 Å². The fourth-order valence-corrected chi connectivity index (χ4v) is 1.44. The summed E-state index contributed by atoms with van der Waals surface area (Å²) in [5.41, 5.74) is 4.17. The molecule has 0 bridgehead atoms. The summed E-state index contributed by atoms with van der Waals surface area (Å²) >= 11 is 0. The van der Waals surface area contributed by atoms with E-state index in [-0.39, 0.29) is 5.69 Å². The molecular weight excluding hydrogens is 248 g/mol. The third-order valence-electron chi connectivity index (χ3n) is 2.32. The van der Waals surface area contributed by atoms with Crippen molar-refractivity contribution in [3.05, 3.63) is 53.6 Å². The zero-order valence-corrected chi connectivity index (χ0v) is 8.98. The van der Waals surface area contributed by atoms with E-state index in [9.17, 15) is 17.6 Å². The van der Waals surface area contributed by atoms with Crippen LogP contribution in [-0.4, -0.2) is 0 Å². The van der Waals surface area contributed by atoms with Gasteiger partial charge in [-0.25, -0.2) is 17.6 Å². The van der Waals surface area contributed by atoms with Crippen molar-refractivity contribution in [3.63, 3.8) is 0 Å². The standard InChI is InChI=1S/C12H8F4N2/c13-6-4-9(16)11(17)10(5-6)18-12-7(14)2-1-3-8(12)15/h1-5,18H,17H2. The number of para-hydroxylation sites is 1. The van der Waals surface area contributed by atoms with Gasteiger partial charge in [-0.3, -0.25) is 0 Å². The molecule has 0 spiro atoms. The van der Waals surface area contributed by atoms with Crippen LogP contribution in [0.2, 0.25) is 0 Å². The zero-order valence-electron chi connectivity index (χ0n) is 8.98. The summed E-state index contributed by atoms with van der Waals surface area (Å²) in [5, 5.41) is 2.24. The Labute approximate surface area is 100 Å². The smallest absolute Gasteiger partial charge is 0.151 e. The molecule has 0 radical (unpaired) electrons. The summed E-state index contributed by atoms with van der Waals surface area (Å²) in [4.78, 5) is 0. The Bertz CT molecular complexity index is 579. The summed E-state index contributed by atoms with van der Waals surface area (Å²) in [6, 6.07) is 4.63. The number of benzene rings is 2. The third-order valence-corrected chi connectivity index (χ3v) is 2.32. The van der Waals surface area contributed by atoms with E-state index in [0.29, 0.717) is 6.07 Å². The van der Waals surface area contributed by atoms with Crippen LogP contribution in [0.3, 0.4) is 0 Å². The molecule has 2 nitrogen and oxygen atoms in total. The molecule has 94 valence electrons. The second-order valence-corrected chi connectivity index (χ2v) is 3.57. The molecular formula is C12H8F4N2. The lowest BCUT2D eigenvalue weighted by molar-refractivity contribution is 0.584. The Balaban J connectivity index is 2.46. The minimum Gasteiger partial charge on any atom is -0.395 e. The van der Waals surface area contributed by atoms with E-state index in [2.05, 4.69) is 5.32 Å². The van der Waals surface area contributed by atoms with Gasteiger partial charge in [0.25, 0.3) is 0 Å². The van der Waals surface area contributed by atoms with Crippen LogP contribution < -0.4 is 11.1 Å². The minimum absolute atomic E-state index is 0.239. The van der Waals surface area contributed by atoms with Crippen LogP contribution in [-0.2, 0) is 0 Å². The first-order valence-electron chi connectivity index (χ1n) is 4.94. The van der Waals surface area contributed by atoms with Crippen molar-refractivity contribution >= 4 is 17.1 Å². The fraction of sp³-hybridized carbons (Fsp3) is 0. The van der Waals surface area contributed by atoms with E-state index < -0.39 is 34.6 Å². The Hall–Kier alpha value is -2.24. The molecule has 0 heterocycles. The molecule has 3 N–H and O–H groups in total. The van der Waals surface area contributed by atoms with E-state index in [1.807, 2.05) is 0 Å². The minimum atomic E-state index is -1.01. The predicted molar refractivity (Wildman–Crippen MR) is 60.4 cm³/mol. The molecule has 2 aromatic carbocycles. The van der Waals surface area contributed by atoms with Gasteiger partial charge in [-0.1, -0.05) is 6.07 Å². The van der Waals surface area contributed by atoms with E-state index in [1.165, 1.54) is 6.07 Å². The first-order chi connectivity index (χ1) is 8.49. The lowest BCUT2D eigenvalue weighted by Crippen LogP contribution is -2.03. The second-order valence-electron chi connectivity index (χ2n) is 3.57. The van der Waals surface area contributed by atoms with Crippen molar-refractivity contribution < 1.29 is 17.6 Å². The molecule has 0 amide bonds. The maximum atomic E-state index is 13.3. The van der Waals surface area contributed by atoms with Crippen LogP contribution in [0, 0.1) is 23.3 Å². The van der Waals surface area contributed by atoms with Crippen LogP contribution in [0.15, 0.2) is 30.3 Å². The molecule has 6 heteroatoms. The van der Waals surface area contributed by atoms with Gasteiger partial charge in [0.05, 0.1) is 11.4 Å². The van der Waals surface area contributed by atoms with Crippen LogP contribution >= 0.6 is 0 Å².